The third-order valence-electron chi connectivity index (χ3n) is 8.02. The summed E-state index contributed by atoms with van der Waals surface area (Å²) in [6.45, 7) is 9.01. The number of aldehydes is 1. The van der Waals surface area contributed by atoms with Gasteiger partial charge in [0.2, 0.25) is 0 Å². The minimum Gasteiger partial charge on any atom is -0.480 e. The summed E-state index contributed by atoms with van der Waals surface area (Å²) in [5.41, 5.74) is 0. The second kappa shape index (κ2) is 27.8. The second-order valence-corrected chi connectivity index (χ2v) is 11.9. The number of carbonyl (C=O) groups is 7. The van der Waals surface area contributed by atoms with Crippen molar-refractivity contribution in [3.63, 3.8) is 0 Å². The Hall–Kier alpha value is -3.83. The molecular formula is C30H54N8O13. The normalized spacial score (nSPS) is 19.7. The van der Waals surface area contributed by atoms with Crippen LogP contribution in [0.2, 0.25) is 0 Å². The summed E-state index contributed by atoms with van der Waals surface area (Å²) in [4.78, 5) is 88.6. The molecule has 21 nitrogen and oxygen atoms in total. The molecule has 0 saturated carbocycles. The minimum absolute atomic E-state index is 0.0676. The fourth-order valence-corrected chi connectivity index (χ4v) is 5.29. The molecule has 5 N–H and O–H groups in total. The summed E-state index contributed by atoms with van der Waals surface area (Å²) in [7, 11) is 0. The Kier molecular flexibility index (Phi) is 24.7. The molecule has 51 heavy (non-hydrogen) atoms. The second-order valence-electron chi connectivity index (χ2n) is 11.9. The van der Waals surface area contributed by atoms with E-state index in [1.165, 1.54) is 0 Å². The first-order valence-corrected chi connectivity index (χ1v) is 16.6. The quantitative estimate of drug-likeness (QED) is 0.0937. The monoisotopic (exact) mass is 734 g/mol. The first-order chi connectivity index (χ1) is 24.4. The molecule has 2 aliphatic rings. The molecule has 0 atom stereocenters. The average molecular weight is 735 g/mol. The van der Waals surface area contributed by atoms with Gasteiger partial charge < -0.3 is 40.0 Å². The van der Waals surface area contributed by atoms with Gasteiger partial charge in [0, 0.05) is 105 Å². The predicted octanol–water partition coefficient (Wildman–Crippen LogP) is -4.50. The van der Waals surface area contributed by atoms with E-state index in [9.17, 15) is 33.6 Å². The molecule has 292 valence electrons. The highest BCUT2D eigenvalue weighted by atomic mass is 16.5. The lowest BCUT2D eigenvalue weighted by molar-refractivity contribution is -0.140. The van der Waals surface area contributed by atoms with Crippen LogP contribution < -0.4 is 5.32 Å². The largest absolute Gasteiger partial charge is 0.480 e. The highest BCUT2D eigenvalue weighted by Gasteiger charge is 2.20. The van der Waals surface area contributed by atoms with Gasteiger partial charge >= 0.3 is 23.9 Å². The summed E-state index contributed by atoms with van der Waals surface area (Å²) in [5, 5.41) is 39.4. The Morgan fingerprint density at radius 2 is 0.725 bits per heavy atom. The maximum atomic E-state index is 11.1. The van der Waals surface area contributed by atoms with E-state index < -0.39 is 23.9 Å². The van der Waals surface area contributed by atoms with E-state index >= 15 is 0 Å². The SMILES string of the molecule is O=CCN1CCN(COC=O)CCN(CC(=O)O)CCN(CC(=O)O)CC1.O=COCN1CCNCCN(CC(=O)O)CCN(CC(=O)O)CC1. The molecule has 0 aromatic carbocycles. The van der Waals surface area contributed by atoms with Crippen LogP contribution in [0.25, 0.3) is 0 Å². The van der Waals surface area contributed by atoms with Gasteiger partial charge in [-0.25, -0.2) is 0 Å². The lowest BCUT2D eigenvalue weighted by Crippen LogP contribution is -2.48. The lowest BCUT2D eigenvalue weighted by Gasteiger charge is -2.32. The Labute approximate surface area is 297 Å². The zero-order valence-corrected chi connectivity index (χ0v) is 29.1. The molecule has 0 aliphatic carbocycles. The number of aliphatic carboxylic acids is 4. The number of ether oxygens (including phenoxy) is 2. The predicted molar refractivity (Wildman–Crippen MR) is 179 cm³/mol. The number of carbonyl (C=O) groups excluding carboxylic acids is 3. The molecule has 0 unspecified atom stereocenters. The van der Waals surface area contributed by atoms with Gasteiger partial charge in [-0.15, -0.1) is 0 Å². The fraction of sp³-hybridized carbons (Fsp3) is 0.767. The van der Waals surface area contributed by atoms with Crippen molar-refractivity contribution in [2.75, 3.05) is 151 Å². The topological polar surface area (TPSA) is 254 Å². The number of carboxylic acids is 4. The van der Waals surface area contributed by atoms with Crippen molar-refractivity contribution in [3.05, 3.63) is 0 Å². The van der Waals surface area contributed by atoms with Gasteiger partial charge in [0.15, 0.2) is 0 Å². The zero-order chi connectivity index (χ0) is 37.9. The first kappa shape index (κ1) is 45.2. The molecule has 0 aromatic heterocycles. The van der Waals surface area contributed by atoms with Crippen LogP contribution in [-0.2, 0) is 43.0 Å². The molecule has 2 fully saturated rings. The van der Waals surface area contributed by atoms with Crippen LogP contribution in [0.5, 0.6) is 0 Å². The fourth-order valence-electron chi connectivity index (χ4n) is 5.29. The number of carboxylic acid groups (broad SMARTS) is 4. The summed E-state index contributed by atoms with van der Waals surface area (Å²) in [6, 6.07) is 0. The van der Waals surface area contributed by atoms with E-state index in [0.29, 0.717) is 118 Å². The first-order valence-electron chi connectivity index (χ1n) is 16.6. The highest BCUT2D eigenvalue weighted by Crippen LogP contribution is 2.02. The van der Waals surface area contributed by atoms with Crippen LogP contribution in [-0.4, -0.2) is 249 Å². The summed E-state index contributed by atoms with van der Waals surface area (Å²) >= 11 is 0. The Morgan fingerprint density at radius 3 is 1.04 bits per heavy atom. The Bertz CT molecular complexity index is 1060. The van der Waals surface area contributed by atoms with E-state index in [2.05, 4.69) is 5.32 Å². The van der Waals surface area contributed by atoms with Crippen molar-refractivity contribution in [1.29, 1.82) is 0 Å². The third-order valence-corrected chi connectivity index (χ3v) is 8.02. The van der Waals surface area contributed by atoms with Gasteiger partial charge in [-0.1, -0.05) is 0 Å². The van der Waals surface area contributed by atoms with E-state index in [0.717, 1.165) is 6.29 Å². The van der Waals surface area contributed by atoms with Crippen LogP contribution in [0.15, 0.2) is 0 Å². The van der Waals surface area contributed by atoms with Crippen LogP contribution in [0.3, 0.4) is 0 Å². The zero-order valence-electron chi connectivity index (χ0n) is 29.1. The molecule has 2 heterocycles. The lowest BCUT2D eigenvalue weighted by atomic mass is 10.3. The van der Waals surface area contributed by atoms with Gasteiger partial charge in [-0.05, 0) is 0 Å². The van der Waals surface area contributed by atoms with Gasteiger partial charge in [0.25, 0.3) is 12.9 Å². The maximum Gasteiger partial charge on any atom is 0.317 e. The number of hydrogen-bond acceptors (Lipinski definition) is 17. The van der Waals surface area contributed by atoms with Gasteiger partial charge in [-0.2, -0.15) is 0 Å². The summed E-state index contributed by atoms with van der Waals surface area (Å²) in [5.74, 6) is -3.74. The van der Waals surface area contributed by atoms with Crippen molar-refractivity contribution in [3.8, 4) is 0 Å². The molecule has 0 radical (unpaired) electrons. The van der Waals surface area contributed by atoms with E-state index in [4.69, 9.17) is 29.9 Å². The number of rotatable bonds is 16. The van der Waals surface area contributed by atoms with Crippen molar-refractivity contribution in [1.82, 2.24) is 39.6 Å². The van der Waals surface area contributed by atoms with Crippen LogP contribution >= 0.6 is 0 Å². The standard InChI is InChI=1S/C16H28N4O7.C14H26N4O6/c21-10-9-17-1-3-18(11-15(23)24)4-5-19(12-16(25)26)6-8-20(7-2-17)13-27-14-22;19-12-24-11-18-4-2-15-1-3-16(9-13(20)21)5-6-17(7-8-18)10-14(22)23/h10,14H,1-9,11-13H2,(H,23,24)(H,25,26);12,15H,1-11H2,(H,20,21)(H,22,23). The molecule has 2 saturated heterocycles. The summed E-state index contributed by atoms with van der Waals surface area (Å²) in [6.07, 6.45) is 0.800. The molecule has 2 aliphatic heterocycles. The molecule has 0 spiro atoms. The molecule has 0 amide bonds. The highest BCUT2D eigenvalue weighted by molar-refractivity contribution is 5.70. The molecule has 21 heteroatoms. The van der Waals surface area contributed by atoms with Crippen LogP contribution in [0.4, 0.5) is 0 Å². The van der Waals surface area contributed by atoms with Gasteiger partial charge in [0.1, 0.15) is 19.7 Å². The molecule has 0 aromatic rings. The Balaban J connectivity index is 0.000000514. The Morgan fingerprint density at radius 1 is 0.451 bits per heavy atom. The smallest absolute Gasteiger partial charge is 0.317 e. The van der Waals surface area contributed by atoms with E-state index in [1.807, 2.05) is 14.7 Å². The molecular weight excluding hydrogens is 680 g/mol. The van der Waals surface area contributed by atoms with E-state index in [1.54, 1.807) is 19.6 Å². The van der Waals surface area contributed by atoms with Crippen molar-refractivity contribution >= 4 is 43.1 Å². The molecule has 0 bridgehead atoms. The number of nitrogens with zero attached hydrogens (tertiary/aromatic N) is 7. The minimum atomic E-state index is -0.959. The van der Waals surface area contributed by atoms with Crippen LogP contribution in [0, 0.1) is 0 Å². The van der Waals surface area contributed by atoms with Gasteiger partial charge in [-0.3, -0.25) is 63.1 Å². The van der Waals surface area contributed by atoms with Crippen LogP contribution in [0.1, 0.15) is 0 Å². The average Bonchev–Trinajstić information content (AvgIpc) is 3.05. The van der Waals surface area contributed by atoms with Crippen molar-refractivity contribution < 1.29 is 63.5 Å². The van der Waals surface area contributed by atoms with Crippen molar-refractivity contribution in [2.24, 2.45) is 0 Å². The molecule has 2 rings (SSSR count). The van der Waals surface area contributed by atoms with E-state index in [-0.39, 0.29) is 46.2 Å². The third kappa shape index (κ3) is 24.1. The van der Waals surface area contributed by atoms with Crippen molar-refractivity contribution in [2.45, 2.75) is 0 Å². The number of hydrogen-bond donors (Lipinski definition) is 5. The number of nitrogens with one attached hydrogen (secondary N) is 1. The summed E-state index contributed by atoms with van der Waals surface area (Å²) < 4.78 is 9.60. The van der Waals surface area contributed by atoms with Gasteiger partial charge in [0.05, 0.1) is 32.7 Å². The maximum absolute atomic E-state index is 11.1.